The van der Waals surface area contributed by atoms with E-state index in [1.165, 1.54) is 24.3 Å². The van der Waals surface area contributed by atoms with E-state index in [2.05, 4.69) is 4.72 Å². The first-order valence-corrected chi connectivity index (χ1v) is 10.0. The van der Waals surface area contributed by atoms with Crippen molar-refractivity contribution in [3.63, 3.8) is 0 Å². The number of nitrogens with one attached hydrogen (secondary N) is 1. The van der Waals surface area contributed by atoms with Crippen molar-refractivity contribution in [1.29, 1.82) is 0 Å². The fourth-order valence-electron chi connectivity index (χ4n) is 2.95. The highest BCUT2D eigenvalue weighted by Gasteiger charge is 2.36. The third kappa shape index (κ3) is 5.03. The van der Waals surface area contributed by atoms with E-state index < -0.39 is 22.0 Å². The normalized spacial score (nSPS) is 19.8. The van der Waals surface area contributed by atoms with Gasteiger partial charge < -0.3 is 9.84 Å². The van der Waals surface area contributed by atoms with Gasteiger partial charge in [-0.05, 0) is 44.5 Å². The number of esters is 1. The van der Waals surface area contributed by atoms with Gasteiger partial charge in [-0.2, -0.15) is 0 Å². The van der Waals surface area contributed by atoms with E-state index in [1.807, 2.05) is 11.8 Å². The molecule has 26 heavy (non-hydrogen) atoms. The summed E-state index contributed by atoms with van der Waals surface area (Å²) in [5, 5.41) is 8.90. The summed E-state index contributed by atoms with van der Waals surface area (Å²) < 4.78 is 32.5. The number of sulfonamides is 1. The summed E-state index contributed by atoms with van der Waals surface area (Å²) in [6, 6.07) is 5.51. The molecule has 1 fully saturated rings. The molecule has 2 rings (SSSR count). The molecule has 8 nitrogen and oxygen atoms in total. The molecule has 9 heteroatoms. The van der Waals surface area contributed by atoms with Gasteiger partial charge in [0.2, 0.25) is 10.0 Å². The summed E-state index contributed by atoms with van der Waals surface area (Å²) in [4.78, 5) is 24.4. The maximum Gasteiger partial charge on any atom is 0.338 e. The predicted octanol–water partition coefficient (Wildman–Crippen LogP) is 1.08. The average molecular weight is 384 g/mol. The number of benzene rings is 1. The van der Waals surface area contributed by atoms with Crippen molar-refractivity contribution < 1.29 is 27.9 Å². The Balaban J connectivity index is 1.99. The zero-order valence-electron chi connectivity index (χ0n) is 14.8. The van der Waals surface area contributed by atoms with Gasteiger partial charge in [0.1, 0.15) is 0 Å². The summed E-state index contributed by atoms with van der Waals surface area (Å²) in [6.07, 6.45) is 1.11. The zero-order valence-corrected chi connectivity index (χ0v) is 15.7. The molecule has 0 amide bonds. The molecule has 0 heterocycles. The van der Waals surface area contributed by atoms with Crippen LogP contribution in [0.5, 0.6) is 0 Å². The number of nitrogens with zero attached hydrogens (tertiary/aromatic N) is 1. The number of hydrogen-bond acceptors (Lipinski definition) is 6. The van der Waals surface area contributed by atoms with Crippen LogP contribution in [0.4, 0.5) is 0 Å². The van der Waals surface area contributed by atoms with Gasteiger partial charge in [-0.3, -0.25) is 9.69 Å². The monoisotopic (exact) mass is 384 g/mol. The summed E-state index contributed by atoms with van der Waals surface area (Å²) >= 11 is 0. The van der Waals surface area contributed by atoms with Gasteiger partial charge in [0.15, 0.2) is 0 Å². The van der Waals surface area contributed by atoms with Crippen molar-refractivity contribution in [1.82, 2.24) is 9.62 Å². The highest BCUT2D eigenvalue weighted by atomic mass is 32.2. The third-order valence-electron chi connectivity index (χ3n) is 4.35. The standard InChI is InChI=1S/C17H24N2O6S/c1-3-19(11-16(20)21)14-9-13(10-14)18-26(23,24)15-7-5-6-12(8-15)17(22)25-4-2/h5-8,13-14,18H,3-4,9-11H2,1-2H3,(H,20,21). The summed E-state index contributed by atoms with van der Waals surface area (Å²) in [7, 11) is -3.76. The number of carboxylic acids is 1. The molecule has 1 aromatic carbocycles. The number of carboxylic acid groups (broad SMARTS) is 1. The van der Waals surface area contributed by atoms with Crippen molar-refractivity contribution >= 4 is 22.0 Å². The Morgan fingerprint density at radius 2 is 2.00 bits per heavy atom. The van der Waals surface area contributed by atoms with E-state index in [0.29, 0.717) is 19.4 Å². The van der Waals surface area contributed by atoms with E-state index in [4.69, 9.17) is 9.84 Å². The van der Waals surface area contributed by atoms with Crippen LogP contribution in [0, 0.1) is 0 Å². The minimum atomic E-state index is -3.76. The van der Waals surface area contributed by atoms with Crippen LogP contribution in [0.3, 0.4) is 0 Å². The number of carbonyl (C=O) groups excluding carboxylic acids is 1. The second-order valence-corrected chi connectivity index (χ2v) is 7.86. The molecule has 0 saturated heterocycles. The smallest absolute Gasteiger partial charge is 0.338 e. The molecule has 1 saturated carbocycles. The van der Waals surface area contributed by atoms with Gasteiger partial charge in [0.25, 0.3) is 0 Å². The number of rotatable bonds is 9. The topological polar surface area (TPSA) is 113 Å². The lowest BCUT2D eigenvalue weighted by Crippen LogP contribution is -2.54. The summed E-state index contributed by atoms with van der Waals surface area (Å²) in [5.41, 5.74) is 0.180. The van der Waals surface area contributed by atoms with E-state index >= 15 is 0 Å². The summed E-state index contributed by atoms with van der Waals surface area (Å²) in [6.45, 7) is 4.31. The molecular weight excluding hydrogens is 360 g/mol. The van der Waals surface area contributed by atoms with Crippen molar-refractivity contribution in [2.75, 3.05) is 19.7 Å². The van der Waals surface area contributed by atoms with Crippen molar-refractivity contribution in [2.24, 2.45) is 0 Å². The molecule has 0 bridgehead atoms. The van der Waals surface area contributed by atoms with Crippen molar-refractivity contribution in [3.8, 4) is 0 Å². The quantitative estimate of drug-likeness (QED) is 0.613. The van der Waals surface area contributed by atoms with Gasteiger partial charge in [-0.25, -0.2) is 17.9 Å². The fraction of sp³-hybridized carbons (Fsp3) is 0.529. The number of ether oxygens (including phenoxy) is 1. The maximum absolute atomic E-state index is 12.5. The molecule has 1 aromatic rings. The third-order valence-corrected chi connectivity index (χ3v) is 5.87. The molecule has 1 aliphatic rings. The second kappa shape index (κ2) is 8.61. The Hall–Kier alpha value is -1.97. The van der Waals surface area contributed by atoms with Crippen molar-refractivity contribution in [2.45, 2.75) is 43.7 Å². The van der Waals surface area contributed by atoms with Gasteiger partial charge in [-0.15, -0.1) is 0 Å². The van der Waals surface area contributed by atoms with E-state index in [9.17, 15) is 18.0 Å². The first-order chi connectivity index (χ1) is 12.3. The average Bonchev–Trinajstić information content (AvgIpc) is 2.56. The number of carbonyl (C=O) groups is 2. The minimum Gasteiger partial charge on any atom is -0.480 e. The molecule has 0 aliphatic heterocycles. The van der Waals surface area contributed by atoms with Crippen LogP contribution in [0.2, 0.25) is 0 Å². The van der Waals surface area contributed by atoms with Gasteiger partial charge in [0, 0.05) is 12.1 Å². The van der Waals surface area contributed by atoms with Gasteiger partial charge in [-0.1, -0.05) is 13.0 Å². The molecular formula is C17H24N2O6S. The Kier molecular flexibility index (Phi) is 6.74. The molecule has 0 aromatic heterocycles. The highest BCUT2D eigenvalue weighted by Crippen LogP contribution is 2.27. The van der Waals surface area contributed by atoms with Crippen LogP contribution >= 0.6 is 0 Å². The molecule has 0 atom stereocenters. The minimum absolute atomic E-state index is 0.00406. The predicted molar refractivity (Wildman–Crippen MR) is 94.4 cm³/mol. The Morgan fingerprint density at radius 3 is 2.58 bits per heavy atom. The summed E-state index contributed by atoms with van der Waals surface area (Å²) in [5.74, 6) is -1.47. The van der Waals surface area contributed by atoms with E-state index in [1.54, 1.807) is 6.92 Å². The van der Waals surface area contributed by atoms with E-state index in [0.717, 1.165) is 0 Å². The molecule has 0 spiro atoms. The van der Waals surface area contributed by atoms with Crippen LogP contribution in [0.25, 0.3) is 0 Å². The lowest BCUT2D eigenvalue weighted by atomic mass is 9.86. The number of aliphatic carboxylic acids is 1. The van der Waals surface area contributed by atoms with Crippen LogP contribution in [-0.2, 0) is 19.6 Å². The second-order valence-electron chi connectivity index (χ2n) is 6.15. The first-order valence-electron chi connectivity index (χ1n) is 8.52. The maximum atomic E-state index is 12.5. The molecule has 0 radical (unpaired) electrons. The number of hydrogen-bond donors (Lipinski definition) is 2. The van der Waals surface area contributed by atoms with Crippen LogP contribution in [0.15, 0.2) is 29.2 Å². The van der Waals surface area contributed by atoms with Gasteiger partial charge in [0.05, 0.1) is 23.6 Å². The lowest BCUT2D eigenvalue weighted by Gasteiger charge is -2.42. The van der Waals surface area contributed by atoms with Gasteiger partial charge >= 0.3 is 11.9 Å². The SMILES string of the molecule is CCOC(=O)c1cccc(S(=O)(=O)NC2CC(N(CC)CC(=O)O)C2)c1. The largest absolute Gasteiger partial charge is 0.480 e. The molecule has 2 N–H and O–H groups in total. The highest BCUT2D eigenvalue weighted by molar-refractivity contribution is 7.89. The zero-order chi connectivity index (χ0) is 19.3. The molecule has 0 unspecified atom stereocenters. The Labute approximate surface area is 153 Å². The Morgan fingerprint density at radius 1 is 1.31 bits per heavy atom. The van der Waals surface area contributed by atoms with Crippen LogP contribution in [-0.4, -0.2) is 62.1 Å². The van der Waals surface area contributed by atoms with E-state index in [-0.39, 0.29) is 35.7 Å². The van der Waals surface area contributed by atoms with Crippen LogP contribution in [0.1, 0.15) is 37.0 Å². The molecule has 144 valence electrons. The van der Waals surface area contributed by atoms with Crippen molar-refractivity contribution in [3.05, 3.63) is 29.8 Å². The fourth-order valence-corrected chi connectivity index (χ4v) is 4.25. The lowest BCUT2D eigenvalue weighted by molar-refractivity contribution is -0.139. The molecule has 1 aliphatic carbocycles. The number of likely N-dealkylation sites (N-methyl/N-ethyl adjacent to an activating group) is 1. The van der Waals surface area contributed by atoms with Crippen LogP contribution < -0.4 is 4.72 Å². The Bertz CT molecular complexity index is 758. The first kappa shape index (κ1) is 20.3.